The maximum absolute atomic E-state index is 5.58. The molecule has 4 aliphatic carbocycles. The molecule has 0 unspecified atom stereocenters. The number of hydrogen-bond acceptors (Lipinski definition) is 3. The van der Waals surface area contributed by atoms with Gasteiger partial charge in [-0.2, -0.15) is 0 Å². The Morgan fingerprint density at radius 1 is 1.00 bits per heavy atom. The zero-order chi connectivity index (χ0) is 12.2. The minimum Gasteiger partial charge on any atom is -0.324 e. The molecule has 2 N–H and O–H groups in total. The molecular formula is C15H21N3. The predicted octanol–water partition coefficient (Wildman–Crippen LogP) is 2.40. The van der Waals surface area contributed by atoms with Crippen molar-refractivity contribution in [3.63, 3.8) is 0 Å². The smallest absolute Gasteiger partial charge is 0.141 e. The molecule has 0 radical (unpaired) electrons. The fourth-order valence-corrected chi connectivity index (χ4v) is 5.20. The number of rotatable bonds is 2. The van der Waals surface area contributed by atoms with E-state index in [4.69, 9.17) is 5.73 Å². The van der Waals surface area contributed by atoms with E-state index in [1.807, 2.05) is 0 Å². The Hall–Kier alpha value is -0.960. The number of aromatic nitrogens is 2. The highest BCUT2D eigenvalue weighted by atomic mass is 14.9. The molecular weight excluding hydrogens is 222 g/mol. The summed E-state index contributed by atoms with van der Waals surface area (Å²) in [6.07, 6.45) is 12.7. The van der Waals surface area contributed by atoms with Crippen LogP contribution in [0.2, 0.25) is 0 Å². The van der Waals surface area contributed by atoms with E-state index >= 15 is 0 Å². The van der Waals surface area contributed by atoms with E-state index in [1.165, 1.54) is 44.1 Å². The van der Waals surface area contributed by atoms with Gasteiger partial charge in [0.1, 0.15) is 5.82 Å². The second-order valence-corrected chi connectivity index (χ2v) is 6.79. The second-order valence-electron chi connectivity index (χ2n) is 6.79. The molecule has 96 valence electrons. The normalized spacial score (nSPS) is 41.3. The quantitative estimate of drug-likeness (QED) is 0.867. The van der Waals surface area contributed by atoms with Gasteiger partial charge in [-0.05, 0) is 67.3 Å². The van der Waals surface area contributed by atoms with Crippen molar-refractivity contribution < 1.29 is 0 Å². The maximum Gasteiger partial charge on any atom is 0.141 e. The van der Waals surface area contributed by atoms with Crippen molar-refractivity contribution in [2.75, 3.05) is 0 Å². The molecule has 0 spiro atoms. The average molecular weight is 243 g/mol. The number of nitrogens with two attached hydrogens (primary N) is 1. The summed E-state index contributed by atoms with van der Waals surface area (Å²) in [5, 5.41) is 0. The Balaban J connectivity index is 1.70. The highest BCUT2D eigenvalue weighted by molar-refractivity contribution is 5.25. The van der Waals surface area contributed by atoms with Crippen LogP contribution in [0.25, 0.3) is 0 Å². The van der Waals surface area contributed by atoms with Gasteiger partial charge in [0, 0.05) is 12.4 Å². The Labute approximate surface area is 108 Å². The molecule has 0 atom stereocenters. The van der Waals surface area contributed by atoms with E-state index in [0.717, 1.165) is 23.6 Å². The largest absolute Gasteiger partial charge is 0.324 e. The molecule has 0 aromatic carbocycles. The van der Waals surface area contributed by atoms with Crippen molar-refractivity contribution in [2.24, 2.45) is 23.5 Å². The highest BCUT2D eigenvalue weighted by Crippen LogP contribution is 2.60. The van der Waals surface area contributed by atoms with Crippen molar-refractivity contribution in [3.8, 4) is 0 Å². The van der Waals surface area contributed by atoms with Gasteiger partial charge in [0.25, 0.3) is 0 Å². The summed E-state index contributed by atoms with van der Waals surface area (Å²) in [6.45, 7) is 0.446. The van der Waals surface area contributed by atoms with E-state index in [-0.39, 0.29) is 0 Å². The van der Waals surface area contributed by atoms with Crippen LogP contribution in [0, 0.1) is 17.8 Å². The molecule has 1 aromatic heterocycles. The van der Waals surface area contributed by atoms with Crippen LogP contribution in [0.1, 0.15) is 49.9 Å². The standard InChI is InChI=1S/C15H21N3/c16-7-14-17-8-13(9-18-14)15-4-10-1-11(5-15)3-12(2-10)6-15/h8-12H,1-7,16H2. The predicted molar refractivity (Wildman–Crippen MR) is 69.8 cm³/mol. The first-order chi connectivity index (χ1) is 8.77. The van der Waals surface area contributed by atoms with E-state index in [0.29, 0.717) is 12.0 Å². The summed E-state index contributed by atoms with van der Waals surface area (Å²) >= 11 is 0. The van der Waals surface area contributed by atoms with E-state index in [1.54, 1.807) is 0 Å². The Morgan fingerprint density at radius 2 is 1.50 bits per heavy atom. The SMILES string of the molecule is NCc1ncc(C23CC4CC(CC(C4)C2)C3)cn1. The van der Waals surface area contributed by atoms with Gasteiger partial charge < -0.3 is 5.73 Å². The first-order valence-corrected chi connectivity index (χ1v) is 7.29. The van der Waals surface area contributed by atoms with Gasteiger partial charge in [0.05, 0.1) is 6.54 Å². The first-order valence-electron chi connectivity index (χ1n) is 7.29. The summed E-state index contributed by atoms with van der Waals surface area (Å²) in [5.74, 6) is 3.70. The topological polar surface area (TPSA) is 51.8 Å². The van der Waals surface area contributed by atoms with Gasteiger partial charge in [0.2, 0.25) is 0 Å². The molecule has 1 aromatic rings. The van der Waals surface area contributed by atoms with Crippen molar-refractivity contribution in [3.05, 3.63) is 23.8 Å². The van der Waals surface area contributed by atoms with Crippen LogP contribution in [0.5, 0.6) is 0 Å². The number of hydrogen-bond donors (Lipinski definition) is 1. The average Bonchev–Trinajstić information content (AvgIpc) is 2.37. The van der Waals surface area contributed by atoms with Crippen LogP contribution in [-0.2, 0) is 12.0 Å². The lowest BCUT2D eigenvalue weighted by Crippen LogP contribution is -2.48. The van der Waals surface area contributed by atoms with Gasteiger partial charge in [-0.1, -0.05) is 0 Å². The Morgan fingerprint density at radius 3 is 1.94 bits per heavy atom. The molecule has 4 bridgehead atoms. The van der Waals surface area contributed by atoms with Crippen molar-refractivity contribution >= 4 is 0 Å². The molecule has 0 amide bonds. The highest BCUT2D eigenvalue weighted by Gasteiger charge is 2.51. The summed E-state index contributed by atoms with van der Waals surface area (Å²) in [6, 6.07) is 0. The molecule has 18 heavy (non-hydrogen) atoms. The third-order valence-electron chi connectivity index (χ3n) is 5.54. The fourth-order valence-electron chi connectivity index (χ4n) is 5.20. The third-order valence-corrected chi connectivity index (χ3v) is 5.54. The molecule has 5 rings (SSSR count). The van der Waals surface area contributed by atoms with Crippen LogP contribution < -0.4 is 5.73 Å². The summed E-state index contributed by atoms with van der Waals surface area (Å²) in [4.78, 5) is 8.84. The summed E-state index contributed by atoms with van der Waals surface area (Å²) in [5.41, 5.74) is 7.39. The lowest BCUT2D eigenvalue weighted by molar-refractivity contribution is -0.00552. The lowest BCUT2D eigenvalue weighted by atomic mass is 9.48. The third kappa shape index (κ3) is 1.53. The Bertz CT molecular complexity index is 416. The molecule has 0 saturated heterocycles. The zero-order valence-corrected chi connectivity index (χ0v) is 10.8. The molecule has 1 heterocycles. The van der Waals surface area contributed by atoms with Crippen LogP contribution >= 0.6 is 0 Å². The van der Waals surface area contributed by atoms with E-state index in [9.17, 15) is 0 Å². The van der Waals surface area contributed by atoms with Crippen LogP contribution in [0.3, 0.4) is 0 Å². The second kappa shape index (κ2) is 3.77. The number of nitrogens with zero attached hydrogens (tertiary/aromatic N) is 2. The van der Waals surface area contributed by atoms with Gasteiger partial charge in [-0.3, -0.25) is 0 Å². The van der Waals surface area contributed by atoms with Gasteiger partial charge in [-0.25, -0.2) is 9.97 Å². The molecule has 3 heteroatoms. The molecule has 4 fully saturated rings. The lowest BCUT2D eigenvalue weighted by Gasteiger charge is -2.56. The molecule has 4 aliphatic rings. The Kier molecular flexibility index (Phi) is 2.28. The molecule has 3 nitrogen and oxygen atoms in total. The van der Waals surface area contributed by atoms with Crippen LogP contribution in [0.15, 0.2) is 12.4 Å². The van der Waals surface area contributed by atoms with Gasteiger partial charge in [0.15, 0.2) is 0 Å². The summed E-state index contributed by atoms with van der Waals surface area (Å²) in [7, 11) is 0. The van der Waals surface area contributed by atoms with E-state index < -0.39 is 0 Å². The van der Waals surface area contributed by atoms with Crippen molar-refractivity contribution in [1.29, 1.82) is 0 Å². The van der Waals surface area contributed by atoms with Crippen LogP contribution in [0.4, 0.5) is 0 Å². The molecule has 4 saturated carbocycles. The first kappa shape index (κ1) is 10.9. The fraction of sp³-hybridized carbons (Fsp3) is 0.733. The minimum absolute atomic E-state index is 0.419. The van der Waals surface area contributed by atoms with Crippen LogP contribution in [-0.4, -0.2) is 9.97 Å². The zero-order valence-electron chi connectivity index (χ0n) is 10.8. The van der Waals surface area contributed by atoms with E-state index in [2.05, 4.69) is 22.4 Å². The van der Waals surface area contributed by atoms with Crippen molar-refractivity contribution in [2.45, 2.75) is 50.5 Å². The minimum atomic E-state index is 0.419. The molecule has 0 aliphatic heterocycles. The van der Waals surface area contributed by atoms with Gasteiger partial charge in [-0.15, -0.1) is 0 Å². The maximum atomic E-state index is 5.58. The summed E-state index contributed by atoms with van der Waals surface area (Å²) < 4.78 is 0. The monoisotopic (exact) mass is 243 g/mol. The van der Waals surface area contributed by atoms with Gasteiger partial charge >= 0.3 is 0 Å². The van der Waals surface area contributed by atoms with Crippen molar-refractivity contribution in [1.82, 2.24) is 9.97 Å².